The molecule has 2 aromatic carbocycles. The molecule has 1 aliphatic rings. The average molecular weight is 452 g/mol. The third-order valence-corrected chi connectivity index (χ3v) is 6.24. The molecule has 164 valence electrons. The fourth-order valence-corrected chi connectivity index (χ4v) is 4.38. The average Bonchev–Trinajstić information content (AvgIpc) is 3.16. The van der Waals surface area contributed by atoms with Gasteiger partial charge >= 0.3 is 5.69 Å². The van der Waals surface area contributed by atoms with Gasteiger partial charge in [-0.1, -0.05) is 47.5 Å². The Morgan fingerprint density at radius 2 is 1.81 bits per heavy atom. The minimum absolute atomic E-state index is 0.0475. The molecular weight excluding hydrogens is 430 g/mol. The Morgan fingerprint density at radius 3 is 2.53 bits per heavy atom. The Labute approximate surface area is 188 Å². The van der Waals surface area contributed by atoms with Crippen molar-refractivity contribution in [2.75, 3.05) is 11.4 Å². The summed E-state index contributed by atoms with van der Waals surface area (Å²) in [4.78, 5) is 33.1. The zero-order valence-corrected chi connectivity index (χ0v) is 18.5. The summed E-state index contributed by atoms with van der Waals surface area (Å²) in [6.07, 6.45) is -0.699. The van der Waals surface area contributed by atoms with Crippen LogP contribution in [0.1, 0.15) is 11.1 Å². The van der Waals surface area contributed by atoms with Crippen LogP contribution in [0.25, 0.3) is 11.2 Å². The van der Waals surface area contributed by atoms with E-state index in [9.17, 15) is 14.7 Å². The maximum Gasteiger partial charge on any atom is 0.332 e. The summed E-state index contributed by atoms with van der Waals surface area (Å²) in [6.45, 7) is 2.61. The van der Waals surface area contributed by atoms with Crippen molar-refractivity contribution in [1.82, 2.24) is 18.7 Å². The summed E-state index contributed by atoms with van der Waals surface area (Å²) in [5.41, 5.74) is 2.28. The number of aliphatic hydroxyl groups excluding tert-OH is 1. The van der Waals surface area contributed by atoms with Crippen LogP contribution in [0.15, 0.2) is 58.1 Å². The number of hydrogen-bond donors (Lipinski definition) is 1. The molecule has 0 spiro atoms. The zero-order valence-electron chi connectivity index (χ0n) is 17.7. The first-order valence-electron chi connectivity index (χ1n) is 10.3. The van der Waals surface area contributed by atoms with Crippen molar-refractivity contribution in [1.29, 1.82) is 0 Å². The highest BCUT2D eigenvalue weighted by Crippen LogP contribution is 2.31. The molecule has 0 saturated heterocycles. The van der Waals surface area contributed by atoms with Gasteiger partial charge in [0.05, 0.1) is 25.7 Å². The molecule has 3 heterocycles. The smallest absolute Gasteiger partial charge is 0.332 e. The maximum absolute atomic E-state index is 13.5. The highest BCUT2D eigenvalue weighted by molar-refractivity contribution is 6.31. The lowest BCUT2D eigenvalue weighted by molar-refractivity contribution is 0.154. The maximum atomic E-state index is 13.5. The van der Waals surface area contributed by atoms with Crippen molar-refractivity contribution < 1.29 is 5.11 Å². The van der Waals surface area contributed by atoms with Gasteiger partial charge in [0.1, 0.15) is 0 Å². The molecule has 0 aliphatic carbocycles. The van der Waals surface area contributed by atoms with Gasteiger partial charge < -0.3 is 14.6 Å². The van der Waals surface area contributed by atoms with Crippen LogP contribution in [-0.2, 0) is 20.1 Å². The predicted molar refractivity (Wildman–Crippen MR) is 124 cm³/mol. The van der Waals surface area contributed by atoms with E-state index >= 15 is 0 Å². The number of hydrogen-bond acceptors (Lipinski definition) is 5. The van der Waals surface area contributed by atoms with E-state index < -0.39 is 17.4 Å². The van der Waals surface area contributed by atoms with Gasteiger partial charge in [0, 0.05) is 17.8 Å². The van der Waals surface area contributed by atoms with Crippen molar-refractivity contribution in [2.45, 2.75) is 26.1 Å². The van der Waals surface area contributed by atoms with Gasteiger partial charge in [0.2, 0.25) is 5.95 Å². The number of aliphatic hydroxyl groups is 1. The number of halogens is 1. The van der Waals surface area contributed by atoms with Gasteiger partial charge in [-0.05, 0) is 30.7 Å². The molecule has 0 saturated carbocycles. The molecule has 4 aromatic rings. The van der Waals surface area contributed by atoms with E-state index in [1.807, 2.05) is 42.2 Å². The van der Waals surface area contributed by atoms with E-state index in [0.717, 1.165) is 15.8 Å². The number of aromatic nitrogens is 4. The lowest BCUT2D eigenvalue weighted by atomic mass is 10.2. The van der Waals surface area contributed by atoms with Gasteiger partial charge in [-0.2, -0.15) is 4.98 Å². The van der Waals surface area contributed by atoms with E-state index in [2.05, 4.69) is 4.98 Å². The normalized spacial score (nSPS) is 15.9. The van der Waals surface area contributed by atoms with E-state index in [4.69, 9.17) is 11.6 Å². The Kier molecular flexibility index (Phi) is 4.91. The molecule has 1 N–H and O–H groups in total. The van der Waals surface area contributed by atoms with Crippen molar-refractivity contribution in [3.05, 3.63) is 85.5 Å². The van der Waals surface area contributed by atoms with Crippen molar-refractivity contribution in [2.24, 2.45) is 7.05 Å². The first-order chi connectivity index (χ1) is 15.3. The third-order valence-electron chi connectivity index (χ3n) is 5.87. The van der Waals surface area contributed by atoms with Gasteiger partial charge in [0.25, 0.3) is 5.56 Å². The Morgan fingerprint density at radius 1 is 1.09 bits per heavy atom. The first-order valence-corrected chi connectivity index (χ1v) is 10.7. The number of imidazole rings is 1. The summed E-state index contributed by atoms with van der Waals surface area (Å²) in [5.74, 6) is 0.525. The van der Waals surface area contributed by atoms with Crippen LogP contribution >= 0.6 is 11.6 Å². The fourth-order valence-electron chi connectivity index (χ4n) is 4.18. The number of β-amino-alcohol motifs (C(OH)–C–C–N with tert-alkyl or cyclic N) is 1. The summed E-state index contributed by atoms with van der Waals surface area (Å²) in [5, 5.41) is 11.1. The highest BCUT2D eigenvalue weighted by atomic mass is 35.5. The summed E-state index contributed by atoms with van der Waals surface area (Å²) >= 11 is 6.27. The number of anilines is 2. The molecule has 0 bridgehead atoms. The molecule has 2 aromatic heterocycles. The highest BCUT2D eigenvalue weighted by Gasteiger charge is 2.30. The minimum Gasteiger partial charge on any atom is -0.389 e. The molecule has 0 fully saturated rings. The number of aryl methyl sites for hydroxylation is 2. The number of benzene rings is 2. The van der Waals surface area contributed by atoms with Crippen molar-refractivity contribution >= 4 is 34.4 Å². The molecular formula is C23H22ClN5O3. The van der Waals surface area contributed by atoms with Crippen LogP contribution in [0.5, 0.6) is 0 Å². The van der Waals surface area contributed by atoms with E-state index in [-0.39, 0.29) is 24.3 Å². The number of rotatable bonds is 3. The Balaban J connectivity index is 1.73. The molecule has 1 atom stereocenters. The molecule has 8 nitrogen and oxygen atoms in total. The summed E-state index contributed by atoms with van der Waals surface area (Å²) in [7, 11) is 1.60. The van der Waals surface area contributed by atoms with Crippen LogP contribution < -0.4 is 16.1 Å². The minimum atomic E-state index is -0.699. The molecule has 1 unspecified atom stereocenters. The molecule has 5 rings (SSSR count). The quantitative estimate of drug-likeness (QED) is 0.517. The second kappa shape index (κ2) is 7.65. The standard InChI is InChI=1S/C23H22ClN5O3/c1-14-7-9-16(10-8-14)27-12-17(30)13-28-19-20(25-22(27)28)26(2)23(32)29(21(19)31)11-15-5-3-4-6-18(15)24/h3-10,17,30H,11-13H2,1-2H3. The second-order valence-electron chi connectivity index (χ2n) is 8.12. The summed E-state index contributed by atoms with van der Waals surface area (Å²) < 4.78 is 4.24. The first kappa shape index (κ1) is 20.5. The number of nitrogens with zero attached hydrogens (tertiary/aromatic N) is 5. The van der Waals surface area contributed by atoms with Crippen molar-refractivity contribution in [3.8, 4) is 0 Å². The Bertz CT molecular complexity index is 1450. The summed E-state index contributed by atoms with van der Waals surface area (Å²) in [6, 6.07) is 15.0. The second-order valence-corrected chi connectivity index (χ2v) is 8.53. The topological polar surface area (TPSA) is 85.3 Å². The molecule has 32 heavy (non-hydrogen) atoms. The fraction of sp³-hybridized carbons (Fsp3) is 0.261. The van der Waals surface area contributed by atoms with Gasteiger partial charge in [0.15, 0.2) is 11.2 Å². The van der Waals surface area contributed by atoms with Gasteiger partial charge in [-0.3, -0.25) is 13.9 Å². The van der Waals surface area contributed by atoms with E-state index in [1.165, 1.54) is 4.57 Å². The van der Waals surface area contributed by atoms with Gasteiger partial charge in [-0.15, -0.1) is 0 Å². The van der Waals surface area contributed by atoms with Crippen LogP contribution in [0.3, 0.4) is 0 Å². The van der Waals surface area contributed by atoms with Gasteiger partial charge in [-0.25, -0.2) is 4.79 Å². The van der Waals surface area contributed by atoms with Crippen LogP contribution in [0, 0.1) is 6.92 Å². The molecule has 1 aliphatic heterocycles. The van der Waals surface area contributed by atoms with E-state index in [1.54, 1.807) is 29.8 Å². The Hall–Kier alpha value is -3.36. The molecule has 0 radical (unpaired) electrons. The zero-order chi connectivity index (χ0) is 22.6. The van der Waals surface area contributed by atoms with Crippen molar-refractivity contribution in [3.63, 3.8) is 0 Å². The lowest BCUT2D eigenvalue weighted by Gasteiger charge is -2.32. The van der Waals surface area contributed by atoms with Crippen LogP contribution in [-0.4, -0.2) is 36.4 Å². The van der Waals surface area contributed by atoms with E-state index in [0.29, 0.717) is 23.1 Å². The molecule has 9 heteroatoms. The van der Waals surface area contributed by atoms with Crippen LogP contribution in [0.2, 0.25) is 5.02 Å². The monoisotopic (exact) mass is 451 g/mol. The largest absolute Gasteiger partial charge is 0.389 e. The van der Waals surface area contributed by atoms with Crippen LogP contribution in [0.4, 0.5) is 11.6 Å². The molecule has 0 amide bonds. The predicted octanol–water partition coefficient (Wildman–Crippen LogP) is 2.42. The number of fused-ring (bicyclic) bond motifs is 3. The third kappa shape index (κ3) is 3.23. The SMILES string of the molecule is Cc1ccc(N2CC(O)Cn3c2nc2c3c(=O)n(Cc3ccccc3Cl)c(=O)n2C)cc1. The lowest BCUT2D eigenvalue weighted by Crippen LogP contribution is -2.42.